The molecule has 14 heteroatoms. The number of phosphoric ester groups is 1. The van der Waals surface area contributed by atoms with Crippen LogP contribution in [-0.2, 0) is 43.9 Å². The van der Waals surface area contributed by atoms with Crippen molar-refractivity contribution in [2.45, 2.75) is 168 Å². The van der Waals surface area contributed by atoms with E-state index < -0.39 is 48.6 Å². The maximum atomic E-state index is 14.3. The maximum absolute atomic E-state index is 14.3. The third-order valence-corrected chi connectivity index (χ3v) is 11.2. The number of thioether (sulfide) groups is 1. The molecule has 0 unspecified atom stereocenters. The summed E-state index contributed by atoms with van der Waals surface area (Å²) in [5.41, 5.74) is -1.71. The number of rotatable bonds is 24. The van der Waals surface area contributed by atoms with E-state index in [9.17, 15) is 23.7 Å². The van der Waals surface area contributed by atoms with Crippen molar-refractivity contribution in [1.29, 1.82) is 0 Å². The van der Waals surface area contributed by atoms with Crippen molar-refractivity contribution in [3.63, 3.8) is 0 Å². The second-order valence-electron chi connectivity index (χ2n) is 17.4. The number of carbonyl (C=O) groups is 4. The second-order valence-corrected chi connectivity index (χ2v) is 19.9. The standard InChI is InChI=1S/C44H70N3O9PS/c1-12-14-19-29-47(30-20-15-13-2)41(51)36(27-28-39(49)53-42(3,4)5)46-40(50)37(45-38(48)32-58-35-21-17-16-18-22-35)31-33-23-25-34(26-24-33)54-57(52,55-43(6,7)8)56-44(9,10)11/h16-18,21-26,36-37H,12-15,19-20,27-32H2,1-11H3,(H,45,48)(H,46,50)/t36-,37-/m0/s1. The summed E-state index contributed by atoms with van der Waals surface area (Å²) < 4.78 is 36.6. The number of esters is 1. The van der Waals surface area contributed by atoms with Crippen LogP contribution in [0.1, 0.15) is 133 Å². The fourth-order valence-corrected chi connectivity index (χ4v) is 8.30. The highest BCUT2D eigenvalue weighted by molar-refractivity contribution is 8.00. The molecule has 0 saturated carbocycles. The molecule has 0 heterocycles. The third kappa shape index (κ3) is 21.6. The van der Waals surface area contributed by atoms with Crippen LogP contribution in [0.2, 0.25) is 0 Å². The van der Waals surface area contributed by atoms with Crippen molar-refractivity contribution in [1.82, 2.24) is 15.5 Å². The van der Waals surface area contributed by atoms with Crippen LogP contribution in [0.3, 0.4) is 0 Å². The minimum atomic E-state index is -4.07. The summed E-state index contributed by atoms with van der Waals surface area (Å²) in [4.78, 5) is 57.5. The van der Waals surface area contributed by atoms with Gasteiger partial charge in [0.25, 0.3) is 0 Å². The summed E-state index contributed by atoms with van der Waals surface area (Å²) in [5, 5.41) is 5.82. The Balaban J connectivity index is 2.44. The van der Waals surface area contributed by atoms with Crippen molar-refractivity contribution in [2.24, 2.45) is 0 Å². The van der Waals surface area contributed by atoms with Gasteiger partial charge in [-0.1, -0.05) is 69.9 Å². The van der Waals surface area contributed by atoms with E-state index in [1.165, 1.54) is 11.8 Å². The number of hydrogen-bond acceptors (Lipinski definition) is 10. The van der Waals surface area contributed by atoms with Crippen molar-refractivity contribution >= 4 is 43.3 Å². The summed E-state index contributed by atoms with van der Waals surface area (Å²) in [7, 11) is -4.07. The van der Waals surface area contributed by atoms with Crippen LogP contribution in [-0.4, -0.2) is 76.3 Å². The Morgan fingerprint density at radius 3 is 1.78 bits per heavy atom. The smallest absolute Gasteiger partial charge is 0.460 e. The zero-order chi connectivity index (χ0) is 43.6. The molecule has 0 aliphatic heterocycles. The molecule has 2 rings (SSSR count). The van der Waals surface area contributed by atoms with Crippen LogP contribution in [0.15, 0.2) is 59.5 Å². The summed E-state index contributed by atoms with van der Waals surface area (Å²) >= 11 is 1.34. The van der Waals surface area contributed by atoms with Gasteiger partial charge in [-0.25, -0.2) is 4.57 Å². The minimum absolute atomic E-state index is 0.0292. The number of benzene rings is 2. The van der Waals surface area contributed by atoms with Crippen molar-refractivity contribution < 1.29 is 42.1 Å². The highest BCUT2D eigenvalue weighted by Crippen LogP contribution is 2.55. The van der Waals surface area contributed by atoms with Gasteiger partial charge in [0, 0.05) is 30.8 Å². The van der Waals surface area contributed by atoms with Crippen LogP contribution >= 0.6 is 19.6 Å². The molecule has 0 spiro atoms. The van der Waals surface area contributed by atoms with Gasteiger partial charge in [0.05, 0.1) is 17.0 Å². The fourth-order valence-electron chi connectivity index (χ4n) is 5.73. The lowest BCUT2D eigenvalue weighted by atomic mass is 10.0. The Kier molecular flexibility index (Phi) is 21.0. The van der Waals surface area contributed by atoms with E-state index in [0.29, 0.717) is 18.7 Å². The fraction of sp³-hybridized carbons (Fsp3) is 0.636. The van der Waals surface area contributed by atoms with Crippen molar-refractivity contribution in [3.8, 4) is 5.75 Å². The van der Waals surface area contributed by atoms with Crippen molar-refractivity contribution in [3.05, 3.63) is 60.2 Å². The Morgan fingerprint density at radius 1 is 0.724 bits per heavy atom. The quantitative estimate of drug-likeness (QED) is 0.0453. The van der Waals surface area contributed by atoms with Gasteiger partial charge >= 0.3 is 13.8 Å². The first-order valence-corrected chi connectivity index (χ1v) is 23.0. The average molecular weight is 848 g/mol. The molecule has 58 heavy (non-hydrogen) atoms. The Hall–Kier alpha value is -3.38. The average Bonchev–Trinajstić information content (AvgIpc) is 3.10. The molecule has 2 atom stereocenters. The van der Waals surface area contributed by atoms with Gasteiger partial charge < -0.3 is 24.8 Å². The zero-order valence-corrected chi connectivity index (χ0v) is 38.5. The lowest BCUT2D eigenvalue weighted by Crippen LogP contribution is -2.55. The topological polar surface area (TPSA) is 150 Å². The van der Waals surface area contributed by atoms with Gasteiger partial charge in [0.15, 0.2) is 0 Å². The molecule has 0 saturated heterocycles. The van der Waals surface area contributed by atoms with Gasteiger partial charge in [0.2, 0.25) is 17.7 Å². The number of carbonyl (C=O) groups excluding carboxylic acids is 4. The summed E-state index contributed by atoms with van der Waals surface area (Å²) in [5.74, 6) is -1.39. The van der Waals surface area contributed by atoms with E-state index >= 15 is 0 Å². The van der Waals surface area contributed by atoms with Crippen molar-refractivity contribution in [2.75, 3.05) is 18.8 Å². The summed E-state index contributed by atoms with van der Waals surface area (Å²) in [6.45, 7) is 21.1. The second kappa shape index (κ2) is 24.0. The Labute approximate surface area is 352 Å². The number of nitrogens with one attached hydrogen (secondary N) is 2. The summed E-state index contributed by atoms with van der Waals surface area (Å²) in [6, 6.07) is 13.9. The molecule has 2 aromatic carbocycles. The maximum Gasteiger partial charge on any atom is 0.531 e. The molecule has 0 radical (unpaired) electrons. The van der Waals surface area contributed by atoms with E-state index in [0.717, 1.165) is 43.4 Å². The van der Waals surface area contributed by atoms with E-state index in [1.54, 1.807) is 91.5 Å². The molecule has 0 aliphatic carbocycles. The monoisotopic (exact) mass is 847 g/mol. The number of amides is 3. The zero-order valence-electron chi connectivity index (χ0n) is 36.8. The normalized spacial score (nSPS) is 13.3. The number of phosphoric acid groups is 1. The lowest BCUT2D eigenvalue weighted by Gasteiger charge is -2.30. The molecule has 2 aromatic rings. The molecule has 0 aliphatic rings. The van der Waals surface area contributed by atoms with E-state index in [1.807, 2.05) is 30.3 Å². The van der Waals surface area contributed by atoms with Gasteiger partial charge in [-0.3, -0.25) is 28.2 Å². The minimum Gasteiger partial charge on any atom is -0.460 e. The largest absolute Gasteiger partial charge is 0.531 e. The molecule has 3 amide bonds. The Morgan fingerprint density at radius 2 is 1.28 bits per heavy atom. The SMILES string of the molecule is CCCCCN(CCCCC)C(=O)[C@H](CCC(=O)OC(C)(C)C)NC(=O)[C@H](Cc1ccc(OP(=O)(OC(C)(C)C)OC(C)(C)C)cc1)NC(=O)CSc1ccccc1. The van der Waals surface area contributed by atoms with Gasteiger partial charge in [-0.2, -0.15) is 0 Å². The van der Waals surface area contributed by atoms with E-state index in [-0.39, 0.29) is 42.6 Å². The van der Waals surface area contributed by atoms with Gasteiger partial charge in [-0.05, 0) is 111 Å². The molecule has 2 N–H and O–H groups in total. The predicted molar refractivity (Wildman–Crippen MR) is 232 cm³/mol. The molecule has 0 aromatic heterocycles. The van der Waals surface area contributed by atoms with E-state index in [4.69, 9.17) is 18.3 Å². The predicted octanol–water partition coefficient (Wildman–Crippen LogP) is 9.44. The van der Waals surface area contributed by atoms with Crippen LogP contribution < -0.4 is 15.2 Å². The van der Waals surface area contributed by atoms with Crippen LogP contribution in [0.4, 0.5) is 0 Å². The highest BCUT2D eigenvalue weighted by atomic mass is 32.2. The first-order chi connectivity index (χ1) is 27.0. The van der Waals surface area contributed by atoms with Gasteiger partial charge in [0.1, 0.15) is 23.4 Å². The molecule has 0 fully saturated rings. The van der Waals surface area contributed by atoms with Gasteiger partial charge in [-0.15, -0.1) is 11.8 Å². The number of ether oxygens (including phenoxy) is 1. The summed E-state index contributed by atoms with van der Waals surface area (Å²) in [6.07, 6.45) is 5.53. The third-order valence-electron chi connectivity index (χ3n) is 8.16. The molecule has 326 valence electrons. The molecule has 12 nitrogen and oxygen atoms in total. The van der Waals surface area contributed by atoms with Crippen LogP contribution in [0.5, 0.6) is 5.75 Å². The van der Waals surface area contributed by atoms with Crippen LogP contribution in [0, 0.1) is 0 Å². The lowest BCUT2D eigenvalue weighted by molar-refractivity contribution is -0.155. The molecular weight excluding hydrogens is 778 g/mol. The molecule has 0 bridgehead atoms. The first kappa shape index (κ1) is 50.8. The van der Waals surface area contributed by atoms with Crippen LogP contribution in [0.25, 0.3) is 0 Å². The highest BCUT2D eigenvalue weighted by Gasteiger charge is 2.39. The molecular formula is C44H70N3O9PS. The first-order valence-electron chi connectivity index (χ1n) is 20.6. The Bertz CT molecular complexity index is 1590. The number of nitrogens with zero attached hydrogens (tertiary/aromatic N) is 1. The number of unbranched alkanes of at least 4 members (excludes halogenated alkanes) is 4. The van der Waals surface area contributed by atoms with E-state index in [2.05, 4.69) is 24.5 Å². The number of hydrogen-bond donors (Lipinski definition) is 2.